The van der Waals surface area contributed by atoms with Gasteiger partial charge in [-0.2, -0.15) is 13.2 Å². The third-order valence-corrected chi connectivity index (χ3v) is 1.79. The van der Waals surface area contributed by atoms with Crippen molar-refractivity contribution in [1.82, 2.24) is 0 Å². The lowest BCUT2D eigenvalue weighted by Crippen LogP contribution is -2.23. The van der Waals surface area contributed by atoms with E-state index in [1.165, 1.54) is 0 Å². The van der Waals surface area contributed by atoms with E-state index in [4.69, 9.17) is 10.2 Å². The number of aliphatic carboxylic acids is 2. The van der Waals surface area contributed by atoms with Gasteiger partial charge in [0, 0.05) is 5.57 Å². The van der Waals surface area contributed by atoms with E-state index in [0.29, 0.717) is 0 Å². The number of hydrogen-bond donors (Lipinski definition) is 2. The Kier molecular flexibility index (Phi) is 4.52. The molecule has 2 N–H and O–H groups in total. The van der Waals surface area contributed by atoms with Crippen LogP contribution in [0.15, 0.2) is 11.1 Å². The smallest absolute Gasteiger partial charge is 0.413 e. The van der Waals surface area contributed by atoms with E-state index in [1.54, 1.807) is 0 Å². The first-order chi connectivity index (χ1) is 7.07. The number of carboxylic acids is 2. The SMILES string of the molecule is CC(C)C(=C(CC(=O)O)C(=O)O)C(F)(F)F. The molecule has 0 aromatic carbocycles. The second kappa shape index (κ2) is 5.00. The summed E-state index contributed by atoms with van der Waals surface area (Å²) in [4.78, 5) is 20.9. The molecule has 0 heterocycles. The molecule has 0 rings (SSSR count). The van der Waals surface area contributed by atoms with Gasteiger partial charge in [0.25, 0.3) is 0 Å². The fourth-order valence-corrected chi connectivity index (χ4v) is 1.28. The quantitative estimate of drug-likeness (QED) is 0.737. The minimum Gasteiger partial charge on any atom is -0.481 e. The number of carbonyl (C=O) groups is 2. The first-order valence-electron chi connectivity index (χ1n) is 4.32. The van der Waals surface area contributed by atoms with Gasteiger partial charge < -0.3 is 10.2 Å². The molecule has 0 aromatic rings. The normalized spacial score (nSPS) is 13.6. The van der Waals surface area contributed by atoms with Gasteiger partial charge in [0.15, 0.2) is 0 Å². The third kappa shape index (κ3) is 3.92. The summed E-state index contributed by atoms with van der Waals surface area (Å²) in [5.41, 5.74) is -2.42. The van der Waals surface area contributed by atoms with Gasteiger partial charge in [0.2, 0.25) is 0 Å². The molecule has 0 fully saturated rings. The molecule has 0 aromatic heterocycles. The molecule has 16 heavy (non-hydrogen) atoms. The summed E-state index contributed by atoms with van der Waals surface area (Å²) in [7, 11) is 0. The molecule has 0 saturated heterocycles. The van der Waals surface area contributed by atoms with Crippen LogP contribution in [0.1, 0.15) is 20.3 Å². The van der Waals surface area contributed by atoms with Crippen LogP contribution in [0.3, 0.4) is 0 Å². The Morgan fingerprint density at radius 3 is 1.81 bits per heavy atom. The largest absolute Gasteiger partial charge is 0.481 e. The zero-order valence-electron chi connectivity index (χ0n) is 8.63. The highest BCUT2D eigenvalue weighted by atomic mass is 19.4. The zero-order chi connectivity index (χ0) is 13.1. The van der Waals surface area contributed by atoms with Crippen molar-refractivity contribution in [3.05, 3.63) is 11.1 Å². The molecule has 0 unspecified atom stereocenters. The van der Waals surface area contributed by atoms with Crippen molar-refractivity contribution in [2.24, 2.45) is 5.92 Å². The lowest BCUT2D eigenvalue weighted by Gasteiger charge is -2.17. The fraction of sp³-hybridized carbons (Fsp3) is 0.556. The Labute approximate surface area is 89.4 Å². The van der Waals surface area contributed by atoms with Crippen LogP contribution in [0.4, 0.5) is 13.2 Å². The summed E-state index contributed by atoms with van der Waals surface area (Å²) in [6, 6.07) is 0. The number of allylic oxidation sites excluding steroid dienone is 1. The van der Waals surface area contributed by atoms with Crippen molar-refractivity contribution in [3.8, 4) is 0 Å². The predicted octanol–water partition coefficient (Wildman–Crippen LogP) is 2.06. The second-order valence-corrected chi connectivity index (χ2v) is 3.42. The molecule has 0 spiro atoms. The van der Waals surface area contributed by atoms with Crippen molar-refractivity contribution in [2.75, 3.05) is 0 Å². The fourth-order valence-electron chi connectivity index (χ4n) is 1.28. The number of carboxylic acid groups (broad SMARTS) is 2. The topological polar surface area (TPSA) is 74.6 Å². The maximum Gasteiger partial charge on any atom is 0.413 e. The van der Waals surface area contributed by atoms with Crippen molar-refractivity contribution < 1.29 is 33.0 Å². The van der Waals surface area contributed by atoms with Crippen molar-refractivity contribution in [1.29, 1.82) is 0 Å². The molecular formula is C9H11F3O4. The highest BCUT2D eigenvalue weighted by Gasteiger charge is 2.40. The minimum atomic E-state index is -4.84. The first kappa shape index (κ1) is 14.5. The van der Waals surface area contributed by atoms with Crippen molar-refractivity contribution >= 4 is 11.9 Å². The monoisotopic (exact) mass is 240 g/mol. The molecule has 0 aliphatic heterocycles. The van der Waals surface area contributed by atoms with Gasteiger partial charge in [-0.25, -0.2) is 4.79 Å². The highest BCUT2D eigenvalue weighted by Crippen LogP contribution is 2.34. The predicted molar refractivity (Wildman–Crippen MR) is 47.8 cm³/mol. The van der Waals surface area contributed by atoms with Gasteiger partial charge in [0.1, 0.15) is 0 Å². The summed E-state index contributed by atoms with van der Waals surface area (Å²) in [5.74, 6) is -4.58. The Hall–Kier alpha value is -1.53. The molecule has 0 saturated carbocycles. The van der Waals surface area contributed by atoms with Gasteiger partial charge >= 0.3 is 18.1 Å². The van der Waals surface area contributed by atoms with Crippen LogP contribution in [-0.2, 0) is 9.59 Å². The number of hydrogen-bond acceptors (Lipinski definition) is 2. The molecule has 4 nitrogen and oxygen atoms in total. The highest BCUT2D eigenvalue weighted by molar-refractivity contribution is 5.93. The van der Waals surface area contributed by atoms with E-state index >= 15 is 0 Å². The van der Waals surface area contributed by atoms with Gasteiger partial charge in [0.05, 0.1) is 12.0 Å². The van der Waals surface area contributed by atoms with Gasteiger partial charge in [-0.3, -0.25) is 4.79 Å². The van der Waals surface area contributed by atoms with E-state index in [-0.39, 0.29) is 0 Å². The molecule has 0 atom stereocenters. The Morgan fingerprint density at radius 2 is 1.62 bits per heavy atom. The van der Waals surface area contributed by atoms with Crippen molar-refractivity contribution in [3.63, 3.8) is 0 Å². The van der Waals surface area contributed by atoms with E-state index in [1.807, 2.05) is 0 Å². The number of alkyl halides is 3. The average Bonchev–Trinajstić information content (AvgIpc) is 1.97. The van der Waals surface area contributed by atoms with Gasteiger partial charge in [-0.05, 0) is 5.92 Å². The van der Waals surface area contributed by atoms with Crippen LogP contribution in [0, 0.1) is 5.92 Å². The summed E-state index contributed by atoms with van der Waals surface area (Å²) in [6.45, 7) is 2.32. The maximum atomic E-state index is 12.5. The standard InChI is InChI=1S/C9H11F3O4/c1-4(2)7(9(10,11)12)5(8(15)16)3-6(13)14/h4H,3H2,1-2H3,(H,13,14)(H,15,16). The minimum absolute atomic E-state index is 1.11. The molecule has 0 bridgehead atoms. The molecule has 0 aliphatic rings. The maximum absolute atomic E-state index is 12.5. The number of rotatable bonds is 4. The summed E-state index contributed by atoms with van der Waals surface area (Å²) < 4.78 is 37.6. The van der Waals surface area contributed by atoms with Crippen LogP contribution >= 0.6 is 0 Å². The lowest BCUT2D eigenvalue weighted by molar-refractivity contribution is -0.140. The van der Waals surface area contributed by atoms with Crippen molar-refractivity contribution in [2.45, 2.75) is 26.4 Å². The van der Waals surface area contributed by atoms with Crippen LogP contribution in [-0.4, -0.2) is 28.3 Å². The Bertz CT molecular complexity index is 328. The van der Waals surface area contributed by atoms with E-state index < -0.39 is 41.6 Å². The van der Waals surface area contributed by atoms with Gasteiger partial charge in [-0.15, -0.1) is 0 Å². The summed E-state index contributed by atoms with van der Waals surface area (Å²) >= 11 is 0. The summed E-state index contributed by atoms with van der Waals surface area (Å²) in [5, 5.41) is 16.9. The van der Waals surface area contributed by atoms with Crippen LogP contribution < -0.4 is 0 Å². The van der Waals surface area contributed by atoms with Crippen LogP contribution in [0.2, 0.25) is 0 Å². The molecule has 92 valence electrons. The molecule has 0 aliphatic carbocycles. The average molecular weight is 240 g/mol. The second-order valence-electron chi connectivity index (χ2n) is 3.42. The Morgan fingerprint density at radius 1 is 1.19 bits per heavy atom. The molecule has 0 amide bonds. The van der Waals surface area contributed by atoms with E-state index in [2.05, 4.69) is 0 Å². The Balaban J connectivity index is 5.64. The zero-order valence-corrected chi connectivity index (χ0v) is 8.63. The number of halogens is 3. The van der Waals surface area contributed by atoms with Gasteiger partial charge in [-0.1, -0.05) is 13.8 Å². The molecule has 0 radical (unpaired) electrons. The first-order valence-corrected chi connectivity index (χ1v) is 4.32. The molecule has 7 heteroatoms. The van der Waals surface area contributed by atoms with Crippen LogP contribution in [0.5, 0.6) is 0 Å². The van der Waals surface area contributed by atoms with E-state index in [0.717, 1.165) is 13.8 Å². The molecular weight excluding hydrogens is 229 g/mol. The lowest BCUT2D eigenvalue weighted by atomic mass is 9.94. The van der Waals surface area contributed by atoms with E-state index in [9.17, 15) is 22.8 Å². The summed E-state index contributed by atoms with van der Waals surface area (Å²) in [6.07, 6.45) is -5.99. The third-order valence-electron chi connectivity index (χ3n) is 1.79. The van der Waals surface area contributed by atoms with Crippen LogP contribution in [0.25, 0.3) is 0 Å².